The zero-order chi connectivity index (χ0) is 48.0. The molecule has 6 aromatic rings. The Hall–Kier alpha value is -7.02. The molecule has 0 saturated carbocycles. The summed E-state index contributed by atoms with van der Waals surface area (Å²) in [6.45, 7) is 3.86. The molecule has 10 unspecified atom stereocenters. The van der Waals surface area contributed by atoms with Gasteiger partial charge in [0.1, 0.15) is 81.6 Å². The maximum Gasteiger partial charge on any atom is 0.239 e. The Kier molecular flexibility index (Phi) is 11.6. The predicted molar refractivity (Wildman–Crippen MR) is 223 cm³/mol. The van der Waals surface area contributed by atoms with E-state index in [0.717, 1.165) is 36.4 Å². The number of phenolic OH excluding ortho intramolecular Hbond substituents is 8. The molecule has 0 radical (unpaired) electrons. The van der Waals surface area contributed by atoms with E-state index in [-0.39, 0.29) is 16.7 Å². The van der Waals surface area contributed by atoms with Crippen LogP contribution in [0, 0.1) is 6.92 Å². The van der Waals surface area contributed by atoms with Gasteiger partial charge in [-0.15, -0.1) is 0 Å². The molecule has 4 heterocycles. The third-order valence-corrected chi connectivity index (χ3v) is 11.7. The largest absolute Gasteiger partial charge is 0.507 e. The molecule has 0 amide bonds. The van der Waals surface area contributed by atoms with Gasteiger partial charge in [-0.3, -0.25) is 9.59 Å². The molecule has 2 fully saturated rings. The molecule has 8 rings (SSSR count). The summed E-state index contributed by atoms with van der Waals surface area (Å²) in [6.07, 6.45) is -17.6. The van der Waals surface area contributed by atoms with E-state index in [1.807, 2.05) is 0 Å². The first-order chi connectivity index (χ1) is 31.1. The van der Waals surface area contributed by atoms with E-state index in [1.54, 1.807) is 0 Å². The highest BCUT2D eigenvalue weighted by atomic mass is 16.7. The number of ether oxygens (including phenoxy) is 4. The number of hydrogen-bond donors (Lipinski definition) is 14. The second-order valence-electron chi connectivity index (χ2n) is 16.0. The summed E-state index contributed by atoms with van der Waals surface area (Å²) in [6, 6.07) is 7.19. The molecule has 10 atom stereocenters. The van der Waals surface area contributed by atoms with Crippen molar-refractivity contribution >= 4 is 21.9 Å². The molecule has 0 aliphatic carbocycles. The topological polar surface area (TPSA) is 381 Å². The fraction of sp³-hybridized carbons (Fsp3) is 0.318. The average molecular weight is 923 g/mol. The van der Waals surface area contributed by atoms with Crippen LogP contribution in [0.25, 0.3) is 44.6 Å². The summed E-state index contributed by atoms with van der Waals surface area (Å²) in [5, 5.41) is 149. The van der Waals surface area contributed by atoms with Crippen molar-refractivity contribution in [2.24, 2.45) is 0 Å². The SMILES string of the molecule is Cc1c(O)c(Cc2c(O)cc3oc(-c4ccc(O)c(O)c4)c(OC4OC(C)C(O)C(O)C4O)c(=O)c3c2O)c2oc(-c3ccc(O)c(O)c3)c(OC3OC(C)C(O)C(O)C3O)c(=O)c2c1O. The van der Waals surface area contributed by atoms with Gasteiger partial charge in [-0.05, 0) is 57.2 Å². The molecule has 14 N–H and O–H groups in total. The van der Waals surface area contributed by atoms with Crippen LogP contribution in [0.4, 0.5) is 0 Å². The Bertz CT molecular complexity index is 3030. The molecule has 2 aliphatic heterocycles. The van der Waals surface area contributed by atoms with Gasteiger partial charge in [0.2, 0.25) is 34.9 Å². The van der Waals surface area contributed by atoms with Crippen LogP contribution < -0.4 is 20.3 Å². The molecular formula is C44H42O22. The third-order valence-electron chi connectivity index (χ3n) is 11.7. The first-order valence-corrected chi connectivity index (χ1v) is 20.0. The lowest BCUT2D eigenvalue weighted by Gasteiger charge is -2.38. The second kappa shape index (κ2) is 16.8. The summed E-state index contributed by atoms with van der Waals surface area (Å²) < 4.78 is 34.8. The van der Waals surface area contributed by atoms with E-state index in [1.165, 1.54) is 26.8 Å². The second-order valence-corrected chi connectivity index (χ2v) is 16.0. The van der Waals surface area contributed by atoms with Crippen molar-refractivity contribution in [3.63, 3.8) is 0 Å². The van der Waals surface area contributed by atoms with Gasteiger partial charge >= 0.3 is 0 Å². The normalized spacial score (nSPS) is 25.6. The molecular weight excluding hydrogens is 880 g/mol. The Balaban J connectivity index is 1.33. The number of aromatic hydroxyl groups is 8. The van der Waals surface area contributed by atoms with Crippen LogP contribution in [-0.4, -0.2) is 133 Å². The molecule has 0 bridgehead atoms. The number of aliphatic hydroxyl groups is 6. The van der Waals surface area contributed by atoms with Crippen LogP contribution in [0.2, 0.25) is 0 Å². The van der Waals surface area contributed by atoms with Crippen molar-refractivity contribution in [2.75, 3.05) is 0 Å². The lowest BCUT2D eigenvalue weighted by atomic mass is 9.94. The number of aliphatic hydroxyl groups excluding tert-OH is 6. The van der Waals surface area contributed by atoms with Crippen LogP contribution in [0.15, 0.2) is 60.9 Å². The van der Waals surface area contributed by atoms with Crippen LogP contribution in [-0.2, 0) is 15.9 Å². The molecule has 22 heteroatoms. The minimum Gasteiger partial charge on any atom is -0.507 e. The molecule has 350 valence electrons. The quantitative estimate of drug-likeness (QED) is 0.0953. The summed E-state index contributed by atoms with van der Waals surface area (Å²) in [5.74, 6) is -8.70. The van der Waals surface area contributed by atoms with E-state index in [9.17, 15) is 81.1 Å². The van der Waals surface area contributed by atoms with Crippen molar-refractivity contribution in [3.05, 3.63) is 79.6 Å². The van der Waals surface area contributed by atoms with Crippen molar-refractivity contribution in [2.45, 2.75) is 88.6 Å². The summed E-state index contributed by atoms with van der Waals surface area (Å²) in [7, 11) is 0. The summed E-state index contributed by atoms with van der Waals surface area (Å²) in [5.41, 5.74) is -5.17. The average Bonchev–Trinajstić information content (AvgIpc) is 3.27. The number of phenols is 8. The molecule has 2 saturated heterocycles. The zero-order valence-corrected chi connectivity index (χ0v) is 34.5. The van der Waals surface area contributed by atoms with Gasteiger partial charge in [-0.25, -0.2) is 0 Å². The fourth-order valence-electron chi connectivity index (χ4n) is 7.82. The van der Waals surface area contributed by atoms with Gasteiger partial charge in [0, 0.05) is 40.3 Å². The first kappa shape index (κ1) is 45.5. The molecule has 66 heavy (non-hydrogen) atoms. The maximum atomic E-state index is 14.6. The minimum absolute atomic E-state index is 0.124. The van der Waals surface area contributed by atoms with Crippen molar-refractivity contribution in [1.82, 2.24) is 0 Å². The Morgan fingerprint density at radius 3 is 1.47 bits per heavy atom. The number of hydrogen-bond acceptors (Lipinski definition) is 22. The molecule has 0 spiro atoms. The lowest BCUT2D eigenvalue weighted by molar-refractivity contribution is -0.268. The third kappa shape index (κ3) is 7.43. The van der Waals surface area contributed by atoms with Crippen LogP contribution in [0.3, 0.4) is 0 Å². The fourth-order valence-corrected chi connectivity index (χ4v) is 7.82. The van der Waals surface area contributed by atoms with Gasteiger partial charge in [-0.2, -0.15) is 0 Å². The van der Waals surface area contributed by atoms with Crippen LogP contribution >= 0.6 is 0 Å². The molecule has 22 nitrogen and oxygen atoms in total. The van der Waals surface area contributed by atoms with Gasteiger partial charge in [-0.1, -0.05) is 0 Å². The minimum atomic E-state index is -1.97. The van der Waals surface area contributed by atoms with Crippen molar-refractivity contribution in [1.29, 1.82) is 0 Å². The van der Waals surface area contributed by atoms with Gasteiger partial charge in [0.05, 0.1) is 12.2 Å². The smallest absolute Gasteiger partial charge is 0.239 e. The van der Waals surface area contributed by atoms with Crippen molar-refractivity contribution in [3.8, 4) is 80.1 Å². The Labute approximate surface area is 369 Å². The number of fused-ring (bicyclic) bond motifs is 2. The molecule has 4 aromatic carbocycles. The van der Waals surface area contributed by atoms with E-state index >= 15 is 0 Å². The van der Waals surface area contributed by atoms with E-state index in [4.69, 9.17) is 27.8 Å². The van der Waals surface area contributed by atoms with E-state index in [2.05, 4.69) is 0 Å². The highest BCUT2D eigenvalue weighted by Crippen LogP contribution is 2.47. The van der Waals surface area contributed by atoms with Gasteiger partial charge < -0.3 is 99.3 Å². The Morgan fingerprint density at radius 1 is 0.515 bits per heavy atom. The van der Waals surface area contributed by atoms with Gasteiger partial charge in [0.25, 0.3) is 0 Å². The van der Waals surface area contributed by atoms with E-state index < -0.39 is 181 Å². The predicted octanol–water partition coefficient (Wildman–Crippen LogP) is 1.19. The van der Waals surface area contributed by atoms with Crippen LogP contribution in [0.1, 0.15) is 30.5 Å². The van der Waals surface area contributed by atoms with Crippen LogP contribution in [0.5, 0.6) is 57.5 Å². The van der Waals surface area contributed by atoms with Gasteiger partial charge in [0.15, 0.2) is 34.5 Å². The van der Waals surface area contributed by atoms with E-state index in [0.29, 0.717) is 0 Å². The summed E-state index contributed by atoms with van der Waals surface area (Å²) in [4.78, 5) is 29.1. The molecule has 2 aromatic heterocycles. The summed E-state index contributed by atoms with van der Waals surface area (Å²) >= 11 is 0. The highest BCUT2D eigenvalue weighted by molar-refractivity contribution is 5.94. The number of rotatable bonds is 8. The zero-order valence-electron chi connectivity index (χ0n) is 34.5. The monoisotopic (exact) mass is 922 g/mol. The highest BCUT2D eigenvalue weighted by Gasteiger charge is 2.45. The first-order valence-electron chi connectivity index (χ1n) is 20.0. The Morgan fingerprint density at radius 2 is 0.985 bits per heavy atom. The molecule has 2 aliphatic rings. The maximum absolute atomic E-state index is 14.6. The lowest BCUT2D eigenvalue weighted by Crippen LogP contribution is -2.58. The standard InChI is InChI=1S/C44H42O22/c1-12-27(50)18(40-26(28(12)51)33(56)42(39(64-40)16-5-7-20(46)23(49)9-16)66-44-37(60)35(58)30(53)14(3)62-44)10-17-21(47)11-24-25(31(17)54)32(55)41(38(63-24)15-4-6-19(45)22(48)8-15)65-43-36(59)34(57)29(52)13(2)61-43/h4-9,11,13-14,29-30,34-37,43-54,57-60H,10H2,1-3H3. The number of benzene rings is 4. The van der Waals surface area contributed by atoms with Crippen molar-refractivity contribution < 1.29 is 99.3 Å².